The van der Waals surface area contributed by atoms with Crippen LogP contribution in [0.15, 0.2) is 63.8 Å². The fraction of sp³-hybridized carbons (Fsp3) is 0.160. The largest absolute Gasteiger partial charge is 0.508 e. The molecule has 0 saturated carbocycles. The molecule has 174 valence electrons. The third-order valence-corrected chi connectivity index (χ3v) is 5.64. The minimum Gasteiger partial charge on any atom is -0.508 e. The number of benzene rings is 3. The van der Waals surface area contributed by atoms with E-state index in [-0.39, 0.29) is 46.3 Å². The third-order valence-electron chi connectivity index (χ3n) is 5.64. The summed E-state index contributed by atoms with van der Waals surface area (Å²) in [5.41, 5.74) is 0.412. The molecule has 4 N–H and O–H groups in total. The smallest absolute Gasteiger partial charge is 0.235 e. The lowest BCUT2D eigenvalue weighted by Crippen LogP contribution is -2.36. The van der Waals surface area contributed by atoms with Crippen LogP contribution in [0.4, 0.5) is 0 Å². The zero-order valence-electron chi connectivity index (χ0n) is 17.9. The first-order valence-corrected chi connectivity index (χ1v) is 10.3. The highest BCUT2D eigenvalue weighted by atomic mass is 16.6. The van der Waals surface area contributed by atoms with Gasteiger partial charge in [0.2, 0.25) is 11.2 Å². The maximum absolute atomic E-state index is 12.6. The fourth-order valence-electron chi connectivity index (χ4n) is 3.93. The van der Waals surface area contributed by atoms with Crippen molar-refractivity contribution in [2.45, 2.75) is 12.2 Å². The average Bonchev–Trinajstić information content (AvgIpc) is 2.85. The van der Waals surface area contributed by atoms with Crippen LogP contribution < -0.4 is 19.6 Å². The lowest BCUT2D eigenvalue weighted by molar-refractivity contribution is -0.0123. The van der Waals surface area contributed by atoms with Crippen LogP contribution in [0.2, 0.25) is 0 Å². The molecule has 0 amide bonds. The second kappa shape index (κ2) is 8.20. The number of aliphatic hydroxyl groups excluding tert-OH is 1. The molecule has 0 fully saturated rings. The van der Waals surface area contributed by atoms with Gasteiger partial charge in [0.1, 0.15) is 11.3 Å². The summed E-state index contributed by atoms with van der Waals surface area (Å²) in [7, 11) is 1.42. The van der Waals surface area contributed by atoms with E-state index >= 15 is 0 Å². The van der Waals surface area contributed by atoms with Gasteiger partial charge in [0.15, 0.2) is 41.0 Å². The molecular formula is C25H20O9. The zero-order chi connectivity index (χ0) is 24.0. The number of hydrogen-bond acceptors (Lipinski definition) is 9. The number of aliphatic hydroxyl groups is 1. The van der Waals surface area contributed by atoms with Crippen molar-refractivity contribution in [3.8, 4) is 45.8 Å². The van der Waals surface area contributed by atoms with Crippen LogP contribution >= 0.6 is 0 Å². The van der Waals surface area contributed by atoms with Crippen molar-refractivity contribution in [3.63, 3.8) is 0 Å². The first-order chi connectivity index (χ1) is 16.4. The van der Waals surface area contributed by atoms with Crippen molar-refractivity contribution >= 4 is 11.0 Å². The van der Waals surface area contributed by atoms with Crippen molar-refractivity contribution < 1.29 is 39.1 Å². The minimum absolute atomic E-state index is 0.0425. The molecule has 2 heterocycles. The van der Waals surface area contributed by atoms with Gasteiger partial charge in [0.05, 0.1) is 19.1 Å². The predicted molar refractivity (Wildman–Crippen MR) is 121 cm³/mol. The van der Waals surface area contributed by atoms with E-state index in [9.17, 15) is 25.2 Å². The van der Waals surface area contributed by atoms with Crippen molar-refractivity contribution in [1.82, 2.24) is 0 Å². The van der Waals surface area contributed by atoms with Gasteiger partial charge >= 0.3 is 0 Å². The quantitative estimate of drug-likeness (QED) is 0.358. The van der Waals surface area contributed by atoms with Crippen molar-refractivity contribution in [2.75, 3.05) is 13.7 Å². The number of phenolic OH excluding ortho intramolecular Hbond substituents is 2. The Morgan fingerprint density at radius 3 is 2.53 bits per heavy atom. The Bertz CT molecular complexity index is 1460. The Kier molecular flexibility index (Phi) is 5.18. The predicted octanol–water partition coefficient (Wildman–Crippen LogP) is 3.46. The number of methoxy groups -OCH3 is 1. The monoisotopic (exact) mass is 464 g/mol. The lowest BCUT2D eigenvalue weighted by Gasteiger charge is -2.33. The van der Waals surface area contributed by atoms with E-state index in [4.69, 9.17) is 18.6 Å². The molecule has 34 heavy (non-hydrogen) atoms. The van der Waals surface area contributed by atoms with Crippen LogP contribution in [0.3, 0.4) is 0 Å². The van der Waals surface area contributed by atoms with Crippen molar-refractivity contribution in [2.24, 2.45) is 0 Å². The van der Waals surface area contributed by atoms with Crippen LogP contribution in [0.5, 0.6) is 34.5 Å². The van der Waals surface area contributed by atoms with E-state index in [0.717, 1.165) is 0 Å². The molecule has 3 aromatic carbocycles. The van der Waals surface area contributed by atoms with Crippen molar-refractivity contribution in [1.29, 1.82) is 0 Å². The zero-order valence-corrected chi connectivity index (χ0v) is 17.9. The van der Waals surface area contributed by atoms with E-state index in [1.807, 2.05) is 0 Å². The van der Waals surface area contributed by atoms with E-state index in [1.165, 1.54) is 31.4 Å². The van der Waals surface area contributed by atoms with Crippen LogP contribution in [0.25, 0.3) is 22.3 Å². The summed E-state index contributed by atoms with van der Waals surface area (Å²) in [4.78, 5) is 12.6. The Morgan fingerprint density at radius 2 is 1.76 bits per heavy atom. The second-order valence-electron chi connectivity index (χ2n) is 7.76. The van der Waals surface area contributed by atoms with E-state index in [1.54, 1.807) is 30.3 Å². The normalized spacial score (nSPS) is 17.0. The fourth-order valence-corrected chi connectivity index (χ4v) is 3.93. The molecule has 1 aromatic heterocycles. The molecule has 0 spiro atoms. The molecule has 0 bridgehead atoms. The number of fused-ring (bicyclic) bond motifs is 2. The van der Waals surface area contributed by atoms with Gasteiger partial charge in [-0.1, -0.05) is 6.07 Å². The number of phenols is 2. The summed E-state index contributed by atoms with van der Waals surface area (Å²) in [6.07, 6.45) is -1.47. The molecule has 1 aliphatic heterocycles. The molecular weight excluding hydrogens is 444 g/mol. The van der Waals surface area contributed by atoms with Gasteiger partial charge in [-0.25, -0.2) is 0 Å². The molecule has 5 rings (SSSR count). The molecule has 2 atom stereocenters. The average molecular weight is 464 g/mol. The maximum atomic E-state index is 12.6. The van der Waals surface area contributed by atoms with Crippen LogP contribution in [0.1, 0.15) is 11.7 Å². The Morgan fingerprint density at radius 1 is 0.941 bits per heavy atom. The highest BCUT2D eigenvalue weighted by Gasteiger charge is 2.33. The van der Waals surface area contributed by atoms with Crippen molar-refractivity contribution in [3.05, 3.63) is 70.4 Å². The molecule has 9 nitrogen and oxygen atoms in total. The van der Waals surface area contributed by atoms with Gasteiger partial charge in [0, 0.05) is 17.2 Å². The van der Waals surface area contributed by atoms with E-state index in [0.29, 0.717) is 16.9 Å². The Balaban J connectivity index is 1.58. The first kappa shape index (κ1) is 21.5. The van der Waals surface area contributed by atoms with Crippen LogP contribution in [0, 0.1) is 0 Å². The van der Waals surface area contributed by atoms with Gasteiger partial charge in [0.25, 0.3) is 0 Å². The van der Waals surface area contributed by atoms with Gasteiger partial charge in [-0.15, -0.1) is 0 Å². The topological polar surface area (TPSA) is 139 Å². The number of ether oxygens (including phenoxy) is 3. The summed E-state index contributed by atoms with van der Waals surface area (Å²) < 4.78 is 23.0. The number of rotatable bonds is 4. The van der Waals surface area contributed by atoms with Crippen LogP contribution in [-0.2, 0) is 0 Å². The molecule has 1 aliphatic rings. The molecule has 0 unspecified atom stereocenters. The highest BCUT2D eigenvalue weighted by molar-refractivity contribution is 5.83. The highest BCUT2D eigenvalue weighted by Crippen LogP contribution is 2.44. The SMILES string of the molecule is COc1cc([C@H]2Oc3cc(-c4oc5cc(O)ccc5c(=O)c4O)ccc3O[C@@H]2CO)ccc1O. The summed E-state index contributed by atoms with van der Waals surface area (Å²) in [6.45, 7) is -0.334. The summed E-state index contributed by atoms with van der Waals surface area (Å²) >= 11 is 0. The molecule has 0 radical (unpaired) electrons. The first-order valence-electron chi connectivity index (χ1n) is 10.3. The third kappa shape index (κ3) is 3.52. The van der Waals surface area contributed by atoms with Crippen LogP contribution in [-0.4, -0.2) is 40.2 Å². The maximum Gasteiger partial charge on any atom is 0.235 e. The van der Waals surface area contributed by atoms with Gasteiger partial charge in [-0.05, 0) is 42.5 Å². The number of hydrogen-bond donors (Lipinski definition) is 4. The summed E-state index contributed by atoms with van der Waals surface area (Å²) in [5.74, 6) is 0.0751. The minimum atomic E-state index is -0.739. The summed E-state index contributed by atoms with van der Waals surface area (Å²) in [6, 6.07) is 13.4. The van der Waals surface area contributed by atoms with E-state index < -0.39 is 23.4 Å². The molecule has 4 aromatic rings. The standard InChI is InChI=1S/C25H20O9/c1-31-19-8-12(2-6-16(19)28)24-21(11-26)32-17-7-3-13(9-20(17)34-24)25-23(30)22(29)15-5-4-14(27)10-18(15)33-25/h2-10,21,24,26-28,30H,11H2,1H3/t21-,24-/m1/s1. The lowest BCUT2D eigenvalue weighted by atomic mass is 10.0. The summed E-state index contributed by atoms with van der Waals surface area (Å²) in [5, 5.41) is 40.1. The molecule has 0 saturated heterocycles. The number of aromatic hydroxyl groups is 3. The van der Waals surface area contributed by atoms with Gasteiger partial charge in [-0.2, -0.15) is 0 Å². The Hall–Kier alpha value is -4.37. The second-order valence-corrected chi connectivity index (χ2v) is 7.76. The molecule has 9 heteroatoms. The van der Waals surface area contributed by atoms with Gasteiger partial charge < -0.3 is 39.1 Å². The van der Waals surface area contributed by atoms with Gasteiger partial charge in [-0.3, -0.25) is 4.79 Å². The molecule has 0 aliphatic carbocycles. The Labute approximate surface area is 192 Å². The van der Waals surface area contributed by atoms with E-state index in [2.05, 4.69) is 0 Å².